The molecule has 0 unspecified atom stereocenters. The van der Waals surface area contributed by atoms with E-state index in [1.54, 1.807) is 52.2 Å². The topological polar surface area (TPSA) is 84.0 Å². The van der Waals surface area contributed by atoms with Gasteiger partial charge in [-0.1, -0.05) is 0 Å². The highest BCUT2D eigenvalue weighted by molar-refractivity contribution is 6.00. The van der Waals surface area contributed by atoms with Crippen molar-refractivity contribution in [2.45, 2.75) is 6.92 Å². The summed E-state index contributed by atoms with van der Waals surface area (Å²) in [5, 5.41) is 0.984. The predicted molar refractivity (Wildman–Crippen MR) is 112 cm³/mol. The molecule has 1 N–H and O–H groups in total. The van der Waals surface area contributed by atoms with Crippen LogP contribution in [0, 0.1) is 6.92 Å². The van der Waals surface area contributed by atoms with Gasteiger partial charge in [-0.3, -0.25) is 14.8 Å². The zero-order valence-corrected chi connectivity index (χ0v) is 16.7. The minimum Gasteiger partial charge on any atom is -0.496 e. The van der Waals surface area contributed by atoms with E-state index >= 15 is 0 Å². The lowest BCUT2D eigenvalue weighted by Crippen LogP contribution is -2.21. The molecule has 0 spiro atoms. The lowest BCUT2D eigenvalue weighted by Gasteiger charge is -2.13. The molecule has 146 valence electrons. The fraction of sp³-hybridized carbons (Fsp3) is 0.182. The highest BCUT2D eigenvalue weighted by Gasteiger charge is 2.17. The van der Waals surface area contributed by atoms with Crippen molar-refractivity contribution in [3.63, 3.8) is 0 Å². The molecule has 4 heterocycles. The van der Waals surface area contributed by atoms with Crippen molar-refractivity contribution in [2.24, 2.45) is 0 Å². The summed E-state index contributed by atoms with van der Waals surface area (Å²) in [6.07, 6.45) is 10.5. The number of ether oxygens (including phenoxy) is 1. The molecule has 0 aliphatic heterocycles. The molecule has 0 aromatic carbocycles. The smallest absolute Gasteiger partial charge is 0.254 e. The van der Waals surface area contributed by atoms with E-state index in [0.717, 1.165) is 44.6 Å². The second-order valence-electron chi connectivity index (χ2n) is 6.96. The number of hydrogen-bond donors (Lipinski definition) is 1. The number of carbonyl (C=O) groups is 1. The highest BCUT2D eigenvalue weighted by atomic mass is 16.5. The monoisotopic (exact) mass is 387 g/mol. The van der Waals surface area contributed by atoms with E-state index in [-0.39, 0.29) is 5.91 Å². The summed E-state index contributed by atoms with van der Waals surface area (Å²) in [5.74, 6) is 0.652. The maximum atomic E-state index is 12.3. The maximum Gasteiger partial charge on any atom is 0.254 e. The van der Waals surface area contributed by atoms with Crippen molar-refractivity contribution >= 4 is 16.9 Å². The zero-order valence-electron chi connectivity index (χ0n) is 16.7. The Morgan fingerprint density at radius 3 is 2.66 bits per heavy atom. The summed E-state index contributed by atoms with van der Waals surface area (Å²) < 4.78 is 5.51. The Labute approximate surface area is 168 Å². The average Bonchev–Trinajstić information content (AvgIpc) is 3.18. The van der Waals surface area contributed by atoms with Gasteiger partial charge in [-0.2, -0.15) is 0 Å². The Kier molecular flexibility index (Phi) is 4.72. The van der Waals surface area contributed by atoms with Crippen molar-refractivity contribution in [3.05, 3.63) is 60.4 Å². The van der Waals surface area contributed by atoms with Crippen LogP contribution >= 0.6 is 0 Å². The molecular weight excluding hydrogens is 366 g/mol. The summed E-state index contributed by atoms with van der Waals surface area (Å²) in [7, 11) is 5.09. The average molecular weight is 387 g/mol. The van der Waals surface area contributed by atoms with Gasteiger partial charge < -0.3 is 14.6 Å². The summed E-state index contributed by atoms with van der Waals surface area (Å²) >= 11 is 0. The number of carbonyl (C=O) groups excluding carboxylic acids is 1. The molecule has 4 aromatic rings. The number of amides is 1. The van der Waals surface area contributed by atoms with Crippen molar-refractivity contribution in [2.75, 3.05) is 21.2 Å². The SMILES string of the molecule is COc1ccncc1-c1c[nH]c2ncc(-c3cncc(C(=O)N(C)C)c3)c(C)c12. The number of fused-ring (bicyclic) bond motifs is 1. The molecule has 0 aliphatic carbocycles. The summed E-state index contributed by atoms with van der Waals surface area (Å²) in [5.41, 5.74) is 5.96. The number of nitrogens with one attached hydrogen (secondary N) is 1. The van der Waals surface area contributed by atoms with Gasteiger partial charge in [-0.15, -0.1) is 0 Å². The van der Waals surface area contributed by atoms with Crippen LogP contribution in [0.25, 0.3) is 33.3 Å². The number of pyridine rings is 3. The van der Waals surface area contributed by atoms with Gasteiger partial charge in [0.2, 0.25) is 0 Å². The Morgan fingerprint density at radius 2 is 1.90 bits per heavy atom. The van der Waals surface area contributed by atoms with Crippen LogP contribution in [-0.2, 0) is 0 Å². The molecule has 0 saturated carbocycles. The van der Waals surface area contributed by atoms with E-state index in [2.05, 4.69) is 19.9 Å². The molecule has 0 atom stereocenters. The van der Waals surface area contributed by atoms with Gasteiger partial charge in [0.15, 0.2) is 0 Å². The number of nitrogens with zero attached hydrogens (tertiary/aromatic N) is 4. The number of H-pyrrole nitrogens is 1. The number of aryl methyl sites for hydroxylation is 1. The van der Waals surface area contributed by atoms with E-state index in [4.69, 9.17) is 4.74 Å². The Bertz CT molecular complexity index is 1210. The van der Waals surface area contributed by atoms with Crippen LogP contribution in [0.1, 0.15) is 15.9 Å². The molecule has 0 saturated heterocycles. The maximum absolute atomic E-state index is 12.3. The van der Waals surface area contributed by atoms with E-state index in [9.17, 15) is 4.79 Å². The molecular formula is C22H21N5O2. The number of aromatic nitrogens is 4. The molecule has 1 amide bonds. The molecule has 0 radical (unpaired) electrons. The molecule has 0 aliphatic rings. The van der Waals surface area contributed by atoms with E-state index < -0.39 is 0 Å². The van der Waals surface area contributed by atoms with Crippen LogP contribution in [-0.4, -0.2) is 51.9 Å². The van der Waals surface area contributed by atoms with Crippen LogP contribution in [0.15, 0.2) is 49.3 Å². The van der Waals surface area contributed by atoms with Crippen molar-refractivity contribution in [1.29, 1.82) is 0 Å². The first-order chi connectivity index (χ1) is 14.0. The number of methoxy groups -OCH3 is 1. The fourth-order valence-corrected chi connectivity index (χ4v) is 3.48. The van der Waals surface area contributed by atoms with Crippen LogP contribution in [0.4, 0.5) is 0 Å². The molecule has 0 fully saturated rings. The Balaban J connectivity index is 1.90. The molecule has 4 rings (SSSR count). The first kappa shape index (κ1) is 18.6. The van der Waals surface area contributed by atoms with Gasteiger partial charge in [0.05, 0.1) is 12.7 Å². The largest absolute Gasteiger partial charge is 0.496 e. The Hall–Kier alpha value is -3.74. The molecule has 7 nitrogen and oxygen atoms in total. The second-order valence-corrected chi connectivity index (χ2v) is 6.96. The van der Waals surface area contributed by atoms with Gasteiger partial charge >= 0.3 is 0 Å². The van der Waals surface area contributed by atoms with E-state index in [1.165, 1.54) is 4.90 Å². The van der Waals surface area contributed by atoms with Gasteiger partial charge in [-0.05, 0) is 24.6 Å². The molecule has 4 aromatic heterocycles. The third-order valence-corrected chi connectivity index (χ3v) is 4.95. The third-order valence-electron chi connectivity index (χ3n) is 4.95. The van der Waals surface area contributed by atoms with Gasteiger partial charge in [0, 0.05) is 78.9 Å². The zero-order chi connectivity index (χ0) is 20.5. The molecule has 29 heavy (non-hydrogen) atoms. The van der Waals surface area contributed by atoms with Crippen molar-refractivity contribution in [3.8, 4) is 28.0 Å². The van der Waals surface area contributed by atoms with Gasteiger partial charge in [0.1, 0.15) is 11.4 Å². The van der Waals surface area contributed by atoms with Crippen molar-refractivity contribution < 1.29 is 9.53 Å². The number of rotatable bonds is 4. The van der Waals surface area contributed by atoms with Crippen LogP contribution < -0.4 is 4.74 Å². The molecule has 7 heteroatoms. The first-order valence-corrected chi connectivity index (χ1v) is 9.13. The summed E-state index contributed by atoms with van der Waals surface area (Å²) in [6.45, 7) is 2.04. The van der Waals surface area contributed by atoms with E-state index in [0.29, 0.717) is 5.56 Å². The Morgan fingerprint density at radius 1 is 1.07 bits per heavy atom. The lowest BCUT2D eigenvalue weighted by atomic mass is 9.97. The van der Waals surface area contributed by atoms with Crippen molar-refractivity contribution in [1.82, 2.24) is 24.8 Å². The normalized spacial score (nSPS) is 10.9. The second kappa shape index (κ2) is 7.35. The fourth-order valence-electron chi connectivity index (χ4n) is 3.48. The predicted octanol–water partition coefficient (Wildman–Crippen LogP) is 3.71. The molecule has 0 bridgehead atoms. The third kappa shape index (κ3) is 3.20. The van der Waals surface area contributed by atoms with E-state index in [1.807, 2.05) is 25.3 Å². The van der Waals surface area contributed by atoms with Crippen LogP contribution in [0.5, 0.6) is 5.75 Å². The minimum absolute atomic E-state index is 0.0894. The quantitative estimate of drug-likeness (QED) is 0.577. The first-order valence-electron chi connectivity index (χ1n) is 9.13. The minimum atomic E-state index is -0.0894. The van der Waals surface area contributed by atoms with Crippen LogP contribution in [0.3, 0.4) is 0 Å². The lowest BCUT2D eigenvalue weighted by molar-refractivity contribution is 0.0827. The number of aromatic amines is 1. The summed E-state index contributed by atoms with van der Waals surface area (Å²) in [6, 6.07) is 3.68. The highest BCUT2D eigenvalue weighted by Crippen LogP contribution is 2.38. The number of hydrogen-bond acceptors (Lipinski definition) is 5. The standard InChI is InChI=1S/C22H21N5O2/c1-13-16(14-7-15(9-24-8-14)22(28)27(2)3)11-25-21-20(13)18(12-26-21)17-10-23-6-5-19(17)29-4/h5-12H,1-4H3,(H,25,26). The van der Waals surface area contributed by atoms with Gasteiger partial charge in [-0.25, -0.2) is 4.98 Å². The van der Waals surface area contributed by atoms with Crippen LogP contribution in [0.2, 0.25) is 0 Å². The van der Waals surface area contributed by atoms with Gasteiger partial charge in [0.25, 0.3) is 5.91 Å². The summed E-state index contributed by atoms with van der Waals surface area (Å²) in [4.78, 5) is 30.2.